The molecule has 202 valence electrons. The van der Waals surface area contributed by atoms with Crippen molar-refractivity contribution >= 4 is 17.1 Å². The van der Waals surface area contributed by atoms with Crippen molar-refractivity contribution in [2.45, 2.75) is 64.0 Å². The van der Waals surface area contributed by atoms with E-state index in [4.69, 9.17) is 10.7 Å². The van der Waals surface area contributed by atoms with Crippen molar-refractivity contribution in [3.05, 3.63) is 48.4 Å². The summed E-state index contributed by atoms with van der Waals surface area (Å²) in [5.41, 5.74) is 11.7. The van der Waals surface area contributed by atoms with Crippen LogP contribution in [0.25, 0.3) is 16.8 Å². The highest BCUT2D eigenvalue weighted by Crippen LogP contribution is 2.32. The summed E-state index contributed by atoms with van der Waals surface area (Å²) in [6, 6.07) is 9.57. The van der Waals surface area contributed by atoms with Gasteiger partial charge in [-0.05, 0) is 82.2 Å². The van der Waals surface area contributed by atoms with Crippen LogP contribution in [0.1, 0.15) is 57.4 Å². The number of anilines is 1. The van der Waals surface area contributed by atoms with Gasteiger partial charge < -0.3 is 20.4 Å². The fourth-order valence-corrected chi connectivity index (χ4v) is 6.55. The normalized spacial score (nSPS) is 25.0. The molecule has 1 atom stereocenters. The molecule has 8 heteroatoms. The lowest BCUT2D eigenvalue weighted by Crippen LogP contribution is -2.51. The number of hydrogen-bond acceptors (Lipinski definition) is 6. The van der Waals surface area contributed by atoms with Crippen LogP contribution >= 0.6 is 0 Å². The Bertz CT molecular complexity index is 1250. The molecule has 2 aliphatic heterocycles. The minimum atomic E-state index is 0.156. The third-order valence-electron chi connectivity index (χ3n) is 9.04. The first-order chi connectivity index (χ1) is 18.5. The smallest absolute Gasteiger partial charge is 0.225 e. The summed E-state index contributed by atoms with van der Waals surface area (Å²) in [6.07, 6.45) is 11.0. The lowest BCUT2D eigenvalue weighted by atomic mass is 9.85. The first-order valence-electron chi connectivity index (χ1n) is 14.4. The fourth-order valence-electron chi connectivity index (χ4n) is 6.55. The number of hydrogen-bond donors (Lipinski definition) is 1. The number of fused-ring (bicyclic) bond motifs is 1. The van der Waals surface area contributed by atoms with E-state index in [2.05, 4.69) is 70.3 Å². The molecule has 1 amide bonds. The molecule has 5 heterocycles. The zero-order valence-corrected chi connectivity index (χ0v) is 22.8. The van der Waals surface area contributed by atoms with E-state index in [-0.39, 0.29) is 12.0 Å². The van der Waals surface area contributed by atoms with Gasteiger partial charge in [-0.3, -0.25) is 9.78 Å². The standard InChI is InChI=1S/C30H41N7O/c1-21(2)36-12-10-24(19-36)23-5-8-27(32-18-23)25-17-29-28(9-11-33-37(29)20-25)34-13-15-35(16-14-34)30(38)22-3-6-26(31)7-4-22/h5,8-9,11,17-18,20-22,24,26H,3-4,6-7,10,12-16,19,31H2,1-2H3/t22-,24-,26-/m1/s1. The quantitative estimate of drug-likeness (QED) is 0.557. The molecule has 3 fully saturated rings. The molecule has 38 heavy (non-hydrogen) atoms. The number of likely N-dealkylation sites (tertiary alicyclic amines) is 1. The van der Waals surface area contributed by atoms with Crippen LogP contribution in [0.4, 0.5) is 5.69 Å². The van der Waals surface area contributed by atoms with E-state index in [1.165, 1.54) is 24.2 Å². The summed E-state index contributed by atoms with van der Waals surface area (Å²) in [5, 5.41) is 4.58. The Morgan fingerprint density at radius 3 is 2.47 bits per heavy atom. The minimum Gasteiger partial charge on any atom is -0.366 e. The Kier molecular flexibility index (Phi) is 7.10. The molecule has 3 aliphatic rings. The van der Waals surface area contributed by atoms with Gasteiger partial charge in [-0.15, -0.1) is 0 Å². The number of nitrogens with two attached hydrogens (primary N) is 1. The van der Waals surface area contributed by atoms with E-state index >= 15 is 0 Å². The monoisotopic (exact) mass is 515 g/mol. The second-order valence-electron chi connectivity index (χ2n) is 11.8. The first-order valence-corrected chi connectivity index (χ1v) is 14.4. The van der Waals surface area contributed by atoms with Crippen molar-refractivity contribution in [3.8, 4) is 11.3 Å². The summed E-state index contributed by atoms with van der Waals surface area (Å²) in [6.45, 7) is 10.0. The molecule has 0 unspecified atom stereocenters. The molecule has 3 aromatic heterocycles. The van der Waals surface area contributed by atoms with Crippen molar-refractivity contribution in [3.63, 3.8) is 0 Å². The second kappa shape index (κ2) is 10.7. The SMILES string of the molecule is CC(C)N1CC[C@@H](c2ccc(-c3cc4c(N5CCN(C(=O)[C@H]6CC[C@H](N)CC6)CC5)ccnn4c3)nc2)C1. The van der Waals surface area contributed by atoms with Gasteiger partial charge in [0, 0.05) is 74.9 Å². The van der Waals surface area contributed by atoms with Crippen LogP contribution in [0.5, 0.6) is 0 Å². The molecular weight excluding hydrogens is 474 g/mol. The topological polar surface area (TPSA) is 83.0 Å². The number of nitrogens with zero attached hydrogens (tertiary/aromatic N) is 6. The van der Waals surface area contributed by atoms with E-state index in [0.29, 0.717) is 17.9 Å². The predicted octanol–water partition coefficient (Wildman–Crippen LogP) is 3.76. The number of pyridine rings is 1. The van der Waals surface area contributed by atoms with Crippen molar-refractivity contribution in [2.75, 3.05) is 44.2 Å². The average Bonchev–Trinajstić information content (AvgIpc) is 3.61. The van der Waals surface area contributed by atoms with E-state index < -0.39 is 0 Å². The van der Waals surface area contributed by atoms with Gasteiger partial charge in [0.1, 0.15) is 0 Å². The van der Waals surface area contributed by atoms with Crippen LogP contribution in [0.15, 0.2) is 42.9 Å². The molecule has 2 saturated heterocycles. The van der Waals surface area contributed by atoms with Crippen LogP contribution in [0.3, 0.4) is 0 Å². The molecule has 2 N–H and O–H groups in total. The van der Waals surface area contributed by atoms with Crippen molar-refractivity contribution < 1.29 is 4.79 Å². The van der Waals surface area contributed by atoms with E-state index in [1.807, 2.05) is 10.7 Å². The van der Waals surface area contributed by atoms with Crippen LogP contribution in [-0.4, -0.2) is 81.7 Å². The van der Waals surface area contributed by atoms with Gasteiger partial charge in [0.2, 0.25) is 5.91 Å². The van der Waals surface area contributed by atoms with Crippen molar-refractivity contribution in [1.82, 2.24) is 24.4 Å². The molecule has 0 spiro atoms. The number of carbonyl (C=O) groups excluding carboxylic acids is 1. The first kappa shape index (κ1) is 25.3. The molecule has 1 aliphatic carbocycles. The van der Waals surface area contributed by atoms with Gasteiger partial charge in [0.15, 0.2) is 0 Å². The zero-order valence-electron chi connectivity index (χ0n) is 22.8. The summed E-state index contributed by atoms with van der Waals surface area (Å²) in [7, 11) is 0. The Morgan fingerprint density at radius 2 is 1.79 bits per heavy atom. The zero-order chi connectivity index (χ0) is 26.2. The molecule has 0 aromatic carbocycles. The Hall–Kier alpha value is -2.97. The highest BCUT2D eigenvalue weighted by Gasteiger charge is 2.31. The maximum Gasteiger partial charge on any atom is 0.225 e. The van der Waals surface area contributed by atoms with Gasteiger partial charge >= 0.3 is 0 Å². The van der Waals surface area contributed by atoms with Crippen molar-refractivity contribution in [2.24, 2.45) is 11.7 Å². The molecular formula is C30H41N7O. The maximum absolute atomic E-state index is 13.1. The molecule has 3 aromatic rings. The predicted molar refractivity (Wildman–Crippen MR) is 151 cm³/mol. The van der Waals surface area contributed by atoms with Crippen LogP contribution < -0.4 is 10.6 Å². The molecule has 0 radical (unpaired) electrons. The minimum absolute atomic E-state index is 0.156. The van der Waals surface area contributed by atoms with E-state index in [9.17, 15) is 4.79 Å². The summed E-state index contributed by atoms with van der Waals surface area (Å²) < 4.78 is 1.96. The van der Waals surface area contributed by atoms with Gasteiger partial charge in [-0.1, -0.05) is 6.07 Å². The van der Waals surface area contributed by atoms with Crippen LogP contribution in [0, 0.1) is 5.92 Å². The van der Waals surface area contributed by atoms with E-state index in [1.54, 1.807) is 0 Å². The van der Waals surface area contributed by atoms with Gasteiger partial charge in [0.25, 0.3) is 0 Å². The number of rotatable bonds is 5. The highest BCUT2D eigenvalue weighted by atomic mass is 16.2. The summed E-state index contributed by atoms with van der Waals surface area (Å²) >= 11 is 0. The average molecular weight is 516 g/mol. The van der Waals surface area contributed by atoms with E-state index in [0.717, 1.165) is 75.2 Å². The molecule has 0 bridgehead atoms. The third-order valence-corrected chi connectivity index (χ3v) is 9.04. The fraction of sp³-hybridized carbons (Fsp3) is 0.567. The summed E-state index contributed by atoms with van der Waals surface area (Å²) in [5.74, 6) is 1.05. The third kappa shape index (κ3) is 5.04. The molecule has 6 rings (SSSR count). The Labute approximate surface area is 225 Å². The molecule has 1 saturated carbocycles. The lowest BCUT2D eigenvalue weighted by molar-refractivity contribution is -0.136. The number of piperazine rings is 1. The van der Waals surface area contributed by atoms with Crippen LogP contribution in [-0.2, 0) is 4.79 Å². The van der Waals surface area contributed by atoms with Crippen LogP contribution in [0.2, 0.25) is 0 Å². The molecule has 8 nitrogen and oxygen atoms in total. The number of carbonyl (C=O) groups is 1. The second-order valence-corrected chi connectivity index (χ2v) is 11.8. The van der Waals surface area contributed by atoms with Gasteiger partial charge in [-0.25, -0.2) is 4.52 Å². The van der Waals surface area contributed by atoms with Gasteiger partial charge in [0.05, 0.1) is 16.9 Å². The summed E-state index contributed by atoms with van der Waals surface area (Å²) in [4.78, 5) is 24.9. The highest BCUT2D eigenvalue weighted by molar-refractivity contribution is 5.81. The maximum atomic E-state index is 13.1. The Balaban J connectivity index is 1.13. The Morgan fingerprint density at radius 1 is 1.00 bits per heavy atom. The largest absolute Gasteiger partial charge is 0.366 e. The number of amides is 1. The number of aromatic nitrogens is 3. The van der Waals surface area contributed by atoms with Gasteiger partial charge in [-0.2, -0.15) is 5.10 Å². The van der Waals surface area contributed by atoms with Crippen molar-refractivity contribution in [1.29, 1.82) is 0 Å². The lowest BCUT2D eigenvalue weighted by Gasteiger charge is -2.38.